The number of H-pyrrole nitrogens is 1. The number of nitrogens with zero attached hydrogens (tertiary/aromatic N) is 1. The summed E-state index contributed by atoms with van der Waals surface area (Å²) in [6.07, 6.45) is 0. The third-order valence-corrected chi connectivity index (χ3v) is 3.66. The number of hydrogen-bond acceptors (Lipinski definition) is 5. The van der Waals surface area contributed by atoms with E-state index in [0.717, 1.165) is 4.90 Å². The molecule has 0 atom stereocenters. The topological polar surface area (TPSA) is 109 Å². The Morgan fingerprint density at radius 3 is 2.74 bits per heavy atom. The number of hydrogen-bond donors (Lipinski definition) is 3. The van der Waals surface area contributed by atoms with Crippen LogP contribution < -0.4 is 11.3 Å². The van der Waals surface area contributed by atoms with E-state index < -0.39 is 5.97 Å². The number of rotatable bonds is 3. The fourth-order valence-electron chi connectivity index (χ4n) is 1.35. The number of carboxylic acid groups (broad SMARTS) is 1. The molecule has 0 aliphatic heterocycles. The number of carbonyl (C=O) groups is 1. The van der Waals surface area contributed by atoms with Crippen LogP contribution in [0.25, 0.3) is 0 Å². The fourth-order valence-corrected chi connectivity index (χ4v) is 2.88. The summed E-state index contributed by atoms with van der Waals surface area (Å²) in [7, 11) is 0. The molecule has 19 heavy (non-hydrogen) atoms. The molecule has 8 heteroatoms. The first-order valence-electron chi connectivity index (χ1n) is 5.03. The van der Waals surface area contributed by atoms with Gasteiger partial charge in [-0.25, -0.2) is 9.78 Å². The highest BCUT2D eigenvalue weighted by atomic mass is 79.9. The lowest BCUT2D eigenvalue weighted by Crippen LogP contribution is -2.09. The molecule has 6 nitrogen and oxygen atoms in total. The molecule has 0 bridgehead atoms. The summed E-state index contributed by atoms with van der Waals surface area (Å²) in [4.78, 5) is 29.3. The third-order valence-electron chi connectivity index (χ3n) is 2.13. The van der Waals surface area contributed by atoms with Gasteiger partial charge in [0.1, 0.15) is 5.82 Å². The molecule has 0 amide bonds. The van der Waals surface area contributed by atoms with E-state index in [2.05, 4.69) is 25.9 Å². The van der Waals surface area contributed by atoms with Crippen LogP contribution in [0.15, 0.2) is 43.6 Å². The minimum Gasteiger partial charge on any atom is -0.478 e. The van der Waals surface area contributed by atoms with E-state index in [1.807, 2.05) is 0 Å². The summed E-state index contributed by atoms with van der Waals surface area (Å²) in [6.45, 7) is 0. The van der Waals surface area contributed by atoms with E-state index in [1.54, 1.807) is 12.1 Å². The Morgan fingerprint density at radius 1 is 1.42 bits per heavy atom. The van der Waals surface area contributed by atoms with Crippen molar-refractivity contribution in [3.05, 3.63) is 44.7 Å². The van der Waals surface area contributed by atoms with Crippen LogP contribution in [0.2, 0.25) is 0 Å². The minimum atomic E-state index is -1.01. The molecule has 2 aromatic rings. The Morgan fingerprint density at radius 2 is 2.16 bits per heavy atom. The molecule has 0 aliphatic rings. The summed E-state index contributed by atoms with van der Waals surface area (Å²) >= 11 is 4.36. The first-order chi connectivity index (χ1) is 8.95. The summed E-state index contributed by atoms with van der Waals surface area (Å²) in [5.74, 6) is -0.883. The van der Waals surface area contributed by atoms with Gasteiger partial charge >= 0.3 is 5.97 Å². The van der Waals surface area contributed by atoms with E-state index >= 15 is 0 Å². The molecule has 1 heterocycles. The Labute approximate surface area is 120 Å². The Bertz CT molecular complexity index is 702. The second-order valence-electron chi connectivity index (χ2n) is 3.52. The van der Waals surface area contributed by atoms with E-state index in [9.17, 15) is 9.59 Å². The van der Waals surface area contributed by atoms with E-state index in [-0.39, 0.29) is 16.9 Å². The number of anilines is 1. The van der Waals surface area contributed by atoms with Crippen molar-refractivity contribution in [3.63, 3.8) is 0 Å². The Balaban J connectivity index is 2.31. The Kier molecular flexibility index (Phi) is 3.91. The fraction of sp³-hybridized carbons (Fsp3) is 0. The first kappa shape index (κ1) is 13.6. The lowest BCUT2D eigenvalue weighted by Gasteiger charge is -2.04. The van der Waals surface area contributed by atoms with Gasteiger partial charge in [-0.15, -0.1) is 0 Å². The SMILES string of the molecule is Nc1cc(=O)[nH]c(Sc2ccc(C(=O)O)c(Br)c2)n1. The molecule has 4 N–H and O–H groups in total. The highest BCUT2D eigenvalue weighted by molar-refractivity contribution is 9.10. The van der Waals surface area contributed by atoms with E-state index in [4.69, 9.17) is 10.8 Å². The van der Waals surface area contributed by atoms with E-state index in [0.29, 0.717) is 9.63 Å². The molecule has 0 saturated heterocycles. The average molecular weight is 342 g/mol. The van der Waals surface area contributed by atoms with Gasteiger partial charge in [-0.3, -0.25) is 4.79 Å². The maximum absolute atomic E-state index is 11.2. The zero-order valence-electron chi connectivity index (χ0n) is 9.38. The first-order valence-corrected chi connectivity index (χ1v) is 6.64. The summed E-state index contributed by atoms with van der Waals surface area (Å²) in [6, 6.07) is 5.92. The van der Waals surface area contributed by atoms with Gasteiger partial charge in [0, 0.05) is 15.4 Å². The van der Waals surface area contributed by atoms with Crippen molar-refractivity contribution in [3.8, 4) is 0 Å². The molecule has 0 saturated carbocycles. The molecule has 0 fully saturated rings. The van der Waals surface area contributed by atoms with Crippen molar-refractivity contribution in [2.24, 2.45) is 0 Å². The lowest BCUT2D eigenvalue weighted by molar-refractivity contribution is 0.0696. The molecule has 0 radical (unpaired) electrons. The predicted octanol–water partition coefficient (Wildman–Crippen LogP) is 1.96. The number of halogens is 1. The largest absolute Gasteiger partial charge is 0.478 e. The van der Waals surface area contributed by atoms with Crippen molar-refractivity contribution >= 4 is 39.5 Å². The molecular weight excluding hydrogens is 334 g/mol. The Hall–Kier alpha value is -1.80. The second kappa shape index (κ2) is 5.45. The molecule has 0 aliphatic carbocycles. The lowest BCUT2D eigenvalue weighted by atomic mass is 10.2. The number of nitrogens with two attached hydrogens (primary N) is 1. The summed E-state index contributed by atoms with van der Waals surface area (Å²) in [5, 5.41) is 9.25. The van der Waals surface area contributed by atoms with Crippen LogP contribution in [0, 0.1) is 0 Å². The van der Waals surface area contributed by atoms with Crippen LogP contribution in [-0.2, 0) is 0 Å². The van der Waals surface area contributed by atoms with Gasteiger partial charge < -0.3 is 15.8 Å². The molecular formula is C11H8BrN3O3S. The zero-order chi connectivity index (χ0) is 14.0. The predicted molar refractivity (Wildman–Crippen MR) is 74.5 cm³/mol. The molecule has 0 unspecified atom stereocenters. The number of aromatic nitrogens is 2. The molecule has 1 aromatic heterocycles. The second-order valence-corrected chi connectivity index (χ2v) is 5.44. The summed E-state index contributed by atoms with van der Waals surface area (Å²) in [5.41, 5.74) is 5.30. The highest BCUT2D eigenvalue weighted by Gasteiger charge is 2.10. The standard InChI is InChI=1S/C11H8BrN3O3S/c12-7-3-5(1-2-6(7)10(17)18)19-11-14-8(13)4-9(16)15-11/h1-4H,(H,17,18)(H3,13,14,15,16). The normalized spacial score (nSPS) is 10.4. The van der Waals surface area contributed by atoms with Crippen molar-refractivity contribution < 1.29 is 9.90 Å². The zero-order valence-corrected chi connectivity index (χ0v) is 11.8. The van der Waals surface area contributed by atoms with Gasteiger partial charge in [0.05, 0.1) is 5.56 Å². The van der Waals surface area contributed by atoms with Crippen molar-refractivity contribution in [1.82, 2.24) is 9.97 Å². The van der Waals surface area contributed by atoms with Crippen LogP contribution >= 0.6 is 27.7 Å². The quantitative estimate of drug-likeness (QED) is 0.736. The van der Waals surface area contributed by atoms with Crippen LogP contribution in [0.1, 0.15) is 10.4 Å². The van der Waals surface area contributed by atoms with Gasteiger partial charge in [0.25, 0.3) is 5.56 Å². The number of aromatic carboxylic acids is 1. The molecule has 98 valence electrons. The third kappa shape index (κ3) is 3.36. The molecule has 2 rings (SSSR count). The van der Waals surface area contributed by atoms with Crippen LogP contribution in [0.3, 0.4) is 0 Å². The highest BCUT2D eigenvalue weighted by Crippen LogP contribution is 2.28. The van der Waals surface area contributed by atoms with Crippen molar-refractivity contribution in [2.75, 3.05) is 5.73 Å². The van der Waals surface area contributed by atoms with Crippen LogP contribution in [0.4, 0.5) is 5.82 Å². The van der Waals surface area contributed by atoms with Gasteiger partial charge in [0.15, 0.2) is 5.16 Å². The van der Waals surface area contributed by atoms with Gasteiger partial charge in [-0.05, 0) is 34.1 Å². The average Bonchev–Trinajstić information content (AvgIpc) is 2.26. The van der Waals surface area contributed by atoms with Crippen LogP contribution in [-0.4, -0.2) is 21.0 Å². The summed E-state index contributed by atoms with van der Waals surface area (Å²) < 4.78 is 0.455. The molecule has 1 aromatic carbocycles. The number of nitrogens with one attached hydrogen (secondary N) is 1. The monoisotopic (exact) mass is 341 g/mol. The van der Waals surface area contributed by atoms with E-state index in [1.165, 1.54) is 23.9 Å². The number of aromatic amines is 1. The number of nitrogen functional groups attached to an aromatic ring is 1. The minimum absolute atomic E-state index is 0.132. The maximum Gasteiger partial charge on any atom is 0.336 e. The van der Waals surface area contributed by atoms with Crippen LogP contribution in [0.5, 0.6) is 0 Å². The van der Waals surface area contributed by atoms with Crippen molar-refractivity contribution in [1.29, 1.82) is 0 Å². The smallest absolute Gasteiger partial charge is 0.336 e. The van der Waals surface area contributed by atoms with Gasteiger partial charge in [-0.1, -0.05) is 11.8 Å². The number of carboxylic acids is 1. The van der Waals surface area contributed by atoms with Gasteiger partial charge in [0.2, 0.25) is 0 Å². The number of benzene rings is 1. The van der Waals surface area contributed by atoms with Crippen molar-refractivity contribution in [2.45, 2.75) is 10.1 Å². The molecule has 0 spiro atoms. The van der Waals surface area contributed by atoms with Gasteiger partial charge in [-0.2, -0.15) is 0 Å². The maximum atomic E-state index is 11.2.